The number of nitrogens with one attached hydrogen (secondary N) is 4. The fourth-order valence-electron chi connectivity index (χ4n) is 7.85. The van der Waals surface area contributed by atoms with E-state index in [-0.39, 0.29) is 29.8 Å². The molecule has 2 saturated heterocycles. The number of anilines is 1. The van der Waals surface area contributed by atoms with Gasteiger partial charge in [-0.3, -0.25) is 24.5 Å². The van der Waals surface area contributed by atoms with E-state index < -0.39 is 18.0 Å². The van der Waals surface area contributed by atoms with Crippen LogP contribution in [0.15, 0.2) is 72.0 Å². The summed E-state index contributed by atoms with van der Waals surface area (Å²) in [5.74, 6) is -0.582. The second-order valence-corrected chi connectivity index (χ2v) is 14.6. The molecule has 15 nitrogen and oxygen atoms in total. The van der Waals surface area contributed by atoms with E-state index in [1.165, 1.54) is 0 Å². The van der Waals surface area contributed by atoms with Crippen molar-refractivity contribution in [2.24, 2.45) is 5.73 Å². The van der Waals surface area contributed by atoms with Crippen molar-refractivity contribution in [2.75, 3.05) is 50.7 Å². The van der Waals surface area contributed by atoms with Crippen LogP contribution in [0.25, 0.3) is 21.9 Å². The van der Waals surface area contributed by atoms with E-state index in [9.17, 15) is 19.2 Å². The molecule has 55 heavy (non-hydrogen) atoms. The van der Waals surface area contributed by atoms with E-state index in [1.807, 2.05) is 54.3 Å². The molecule has 5 aromatic rings. The van der Waals surface area contributed by atoms with E-state index in [4.69, 9.17) is 5.73 Å². The molecule has 0 bridgehead atoms. The molecule has 0 radical (unpaired) electrons. The highest BCUT2D eigenvalue weighted by Gasteiger charge is 2.33. The first kappa shape index (κ1) is 37.5. The number of H-pyrrole nitrogens is 2. The highest BCUT2D eigenvalue weighted by Crippen LogP contribution is 2.27. The van der Waals surface area contributed by atoms with Gasteiger partial charge in [0.2, 0.25) is 11.8 Å². The van der Waals surface area contributed by atoms with Gasteiger partial charge in [-0.15, -0.1) is 0 Å². The number of aryl methyl sites for hydroxylation is 1. The van der Waals surface area contributed by atoms with Gasteiger partial charge in [0.1, 0.15) is 17.7 Å². The Bertz CT molecular complexity index is 2170. The lowest BCUT2D eigenvalue weighted by molar-refractivity contribution is -0.137. The summed E-state index contributed by atoms with van der Waals surface area (Å²) in [5.41, 5.74) is 10.7. The van der Waals surface area contributed by atoms with Crippen molar-refractivity contribution in [2.45, 2.75) is 63.5 Å². The standard InChI is InChI=1S/C40H49N11O4/c1-26-21-27(22-30-25-44-48-35(26)30)23-34(46-40(55)51-15-9-28(10-16-51)32-24-29-5-4-12-43-36(29)47-37(32)52)38(53)45-33(6-2-3-11-41)39(54)50-19-17-49(18-20-50)31-7-13-42-14-8-31/h4-5,7-8,12-14,21-22,24-25,28,33-34H,2-3,6,9-11,15-20,23,41H2,1H3,(H,44,48)(H,45,53)(H,46,55)(H,43,47,52)/t33-,34+/m0/s1. The predicted molar refractivity (Wildman–Crippen MR) is 211 cm³/mol. The summed E-state index contributed by atoms with van der Waals surface area (Å²) in [6, 6.07) is 11.4. The Balaban J connectivity index is 1.05. The molecule has 0 aliphatic carbocycles. The molecular formula is C40H49N11O4. The molecule has 6 heterocycles. The number of unbranched alkanes of at least 4 members (excludes halogenated alkanes) is 1. The van der Waals surface area contributed by atoms with Crippen LogP contribution in [0.1, 0.15) is 54.7 Å². The minimum atomic E-state index is -0.960. The molecule has 2 aliphatic rings. The van der Waals surface area contributed by atoms with E-state index in [0.29, 0.717) is 82.7 Å². The number of amides is 4. The predicted octanol–water partition coefficient (Wildman–Crippen LogP) is 2.97. The molecule has 4 amide bonds. The number of nitrogens with two attached hydrogens (primary N) is 1. The topological polar surface area (TPSA) is 198 Å². The van der Waals surface area contributed by atoms with Gasteiger partial charge >= 0.3 is 6.03 Å². The number of piperidine rings is 1. The number of hydrogen-bond acceptors (Lipinski definition) is 9. The van der Waals surface area contributed by atoms with Crippen LogP contribution < -0.4 is 26.8 Å². The van der Waals surface area contributed by atoms with Crippen LogP contribution in [0.2, 0.25) is 0 Å². The van der Waals surface area contributed by atoms with Gasteiger partial charge in [-0.1, -0.05) is 6.07 Å². The molecule has 4 aromatic heterocycles. The Morgan fingerprint density at radius 1 is 0.909 bits per heavy atom. The van der Waals surface area contributed by atoms with E-state index in [2.05, 4.69) is 40.7 Å². The van der Waals surface area contributed by atoms with Crippen LogP contribution in [-0.4, -0.2) is 111 Å². The second kappa shape index (κ2) is 17.1. The van der Waals surface area contributed by atoms with Gasteiger partial charge in [-0.25, -0.2) is 9.78 Å². The first-order valence-electron chi connectivity index (χ1n) is 19.2. The van der Waals surface area contributed by atoms with Crippen LogP contribution in [-0.2, 0) is 16.0 Å². The summed E-state index contributed by atoms with van der Waals surface area (Å²) in [5, 5.41) is 15.0. The summed E-state index contributed by atoms with van der Waals surface area (Å²) in [7, 11) is 0. The Labute approximate surface area is 319 Å². The zero-order valence-electron chi connectivity index (χ0n) is 31.2. The van der Waals surface area contributed by atoms with Crippen LogP contribution in [0.3, 0.4) is 0 Å². The number of fused-ring (bicyclic) bond motifs is 2. The van der Waals surface area contributed by atoms with Crippen LogP contribution in [0, 0.1) is 6.92 Å². The number of likely N-dealkylation sites (tertiary alicyclic amines) is 1. The van der Waals surface area contributed by atoms with Crippen LogP contribution >= 0.6 is 0 Å². The van der Waals surface area contributed by atoms with Gasteiger partial charge in [-0.2, -0.15) is 5.10 Å². The first-order chi connectivity index (χ1) is 26.8. The number of benzene rings is 1. The molecule has 2 fully saturated rings. The number of nitrogens with zero attached hydrogens (tertiary/aromatic N) is 6. The van der Waals surface area contributed by atoms with Crippen molar-refractivity contribution in [3.8, 4) is 0 Å². The van der Waals surface area contributed by atoms with Crippen molar-refractivity contribution >= 4 is 45.5 Å². The number of aromatic amines is 2. The number of urea groups is 1. The lowest BCUT2D eigenvalue weighted by atomic mass is 9.90. The fraction of sp³-hybridized carbons (Fsp3) is 0.425. The van der Waals surface area contributed by atoms with Gasteiger partial charge in [0.05, 0.1) is 11.7 Å². The zero-order valence-corrected chi connectivity index (χ0v) is 31.2. The number of carbonyl (C=O) groups excluding carboxylic acids is 3. The number of aromatic nitrogens is 5. The summed E-state index contributed by atoms with van der Waals surface area (Å²) >= 11 is 0. The third-order valence-electron chi connectivity index (χ3n) is 10.9. The second-order valence-electron chi connectivity index (χ2n) is 14.6. The molecule has 0 unspecified atom stereocenters. The van der Waals surface area contributed by atoms with Crippen molar-refractivity contribution in [3.63, 3.8) is 0 Å². The maximum absolute atomic E-state index is 14.3. The van der Waals surface area contributed by atoms with Crippen molar-refractivity contribution in [1.29, 1.82) is 0 Å². The molecule has 15 heteroatoms. The molecule has 2 atom stereocenters. The molecule has 1 aromatic carbocycles. The van der Waals surface area contributed by atoms with Crippen LogP contribution in [0.4, 0.5) is 10.5 Å². The van der Waals surface area contributed by atoms with Gasteiger partial charge in [0.25, 0.3) is 5.56 Å². The lowest BCUT2D eigenvalue weighted by Crippen LogP contribution is -2.59. The number of hydrogen-bond donors (Lipinski definition) is 5. The van der Waals surface area contributed by atoms with Crippen LogP contribution in [0.5, 0.6) is 0 Å². The van der Waals surface area contributed by atoms with Gasteiger partial charge < -0.3 is 36.1 Å². The SMILES string of the molecule is Cc1cc(C[C@@H](NC(=O)N2CCC(c3cc4cccnc4[nH]c3=O)CC2)C(=O)N[C@@H](CCCCN)C(=O)N2CCN(c3ccncc3)CC2)cc2cn[nH]c12. The largest absolute Gasteiger partial charge is 0.368 e. The highest BCUT2D eigenvalue weighted by molar-refractivity contribution is 5.92. The van der Waals surface area contributed by atoms with Crippen molar-refractivity contribution < 1.29 is 14.4 Å². The molecule has 0 saturated carbocycles. The Morgan fingerprint density at radius 3 is 2.45 bits per heavy atom. The third-order valence-corrected chi connectivity index (χ3v) is 10.9. The average Bonchev–Trinajstić information content (AvgIpc) is 3.70. The molecule has 0 spiro atoms. The smallest absolute Gasteiger partial charge is 0.318 e. The normalized spacial score (nSPS) is 16.3. The quantitative estimate of drug-likeness (QED) is 0.119. The van der Waals surface area contributed by atoms with E-state index >= 15 is 0 Å². The van der Waals surface area contributed by atoms with E-state index in [1.54, 1.807) is 29.7 Å². The first-order valence-corrected chi connectivity index (χ1v) is 19.2. The third kappa shape index (κ3) is 8.78. The van der Waals surface area contributed by atoms with E-state index in [0.717, 1.165) is 39.5 Å². The highest BCUT2D eigenvalue weighted by atomic mass is 16.2. The summed E-state index contributed by atoms with van der Waals surface area (Å²) in [6.45, 7) is 5.66. The summed E-state index contributed by atoms with van der Waals surface area (Å²) < 4.78 is 0. The maximum atomic E-state index is 14.3. The Morgan fingerprint density at radius 2 is 1.69 bits per heavy atom. The Hall–Kier alpha value is -5.83. The Kier molecular flexibility index (Phi) is 11.7. The minimum absolute atomic E-state index is 0.0203. The molecule has 2 aliphatic heterocycles. The summed E-state index contributed by atoms with van der Waals surface area (Å²) in [4.78, 5) is 72.2. The summed E-state index contributed by atoms with van der Waals surface area (Å²) in [6.07, 6.45) is 10.1. The average molecular weight is 748 g/mol. The fourth-order valence-corrected chi connectivity index (χ4v) is 7.85. The number of carbonyl (C=O) groups is 3. The lowest BCUT2D eigenvalue weighted by Gasteiger charge is -2.38. The van der Waals surface area contributed by atoms with Gasteiger partial charge in [0, 0.05) is 86.3 Å². The van der Waals surface area contributed by atoms with Gasteiger partial charge in [0.15, 0.2) is 0 Å². The molecule has 7 rings (SSSR count). The molecule has 6 N–H and O–H groups in total. The monoisotopic (exact) mass is 747 g/mol. The minimum Gasteiger partial charge on any atom is -0.368 e. The van der Waals surface area contributed by atoms with Gasteiger partial charge in [-0.05, 0) is 99.0 Å². The van der Waals surface area contributed by atoms with Crippen molar-refractivity contribution in [3.05, 3.63) is 94.3 Å². The maximum Gasteiger partial charge on any atom is 0.318 e. The number of rotatable bonds is 12. The van der Waals surface area contributed by atoms with Crippen molar-refractivity contribution in [1.82, 2.24) is 45.6 Å². The number of pyridine rings is 3. The molecular weight excluding hydrogens is 699 g/mol. The zero-order chi connectivity index (χ0) is 38.3. The molecule has 288 valence electrons. The number of piperazine rings is 1.